The number of amides is 1. The highest BCUT2D eigenvalue weighted by atomic mass is 16.5. The Kier molecular flexibility index (Phi) is 45.1. The summed E-state index contributed by atoms with van der Waals surface area (Å²) in [6.45, 7) is 6.34. The standard InChI is InChI=1S/C53H97NO5/c1-4-7-10-13-16-19-22-25-28-30-33-36-39-42-45-51(56)50(48-55)54-52(57)47-49(44-41-38-35-32-29-26-23-20-17-14-11-8-5-2)59-53(58)46-43-40-37-34-31-27-24-21-18-15-12-9-6-3/h8,11,14,17,20,23,27,31,49-51,55-56H,4-7,9-10,12-13,15-16,18-19,21-22,24-26,28-30,32-48H2,1-3H3,(H,54,57)/b11-8+,17-14+,23-20+,31-27-. The Morgan fingerprint density at radius 1 is 0.508 bits per heavy atom. The van der Waals surface area contributed by atoms with Gasteiger partial charge in [0.25, 0.3) is 0 Å². The summed E-state index contributed by atoms with van der Waals surface area (Å²) < 4.78 is 5.91. The van der Waals surface area contributed by atoms with Crippen molar-refractivity contribution in [3.8, 4) is 0 Å². The summed E-state index contributed by atoms with van der Waals surface area (Å²) in [6, 6.07) is -0.710. The Bertz CT molecular complexity index is 1020. The maximum atomic E-state index is 13.2. The van der Waals surface area contributed by atoms with E-state index in [1.165, 1.54) is 109 Å². The van der Waals surface area contributed by atoms with Crippen molar-refractivity contribution in [3.05, 3.63) is 48.6 Å². The maximum Gasteiger partial charge on any atom is 0.306 e. The molecule has 0 fully saturated rings. The molecule has 0 aromatic heterocycles. The molecule has 0 heterocycles. The molecule has 0 aromatic rings. The van der Waals surface area contributed by atoms with E-state index in [4.69, 9.17) is 4.74 Å². The van der Waals surface area contributed by atoms with Crippen LogP contribution >= 0.6 is 0 Å². The fraction of sp³-hybridized carbons (Fsp3) is 0.811. The number of hydrogen-bond donors (Lipinski definition) is 3. The number of hydrogen-bond acceptors (Lipinski definition) is 5. The van der Waals surface area contributed by atoms with Gasteiger partial charge in [-0.3, -0.25) is 9.59 Å². The third-order valence-corrected chi connectivity index (χ3v) is 11.5. The third-order valence-electron chi connectivity index (χ3n) is 11.5. The molecule has 0 saturated heterocycles. The van der Waals surface area contributed by atoms with Gasteiger partial charge in [0, 0.05) is 6.42 Å². The van der Waals surface area contributed by atoms with Crippen LogP contribution in [-0.2, 0) is 14.3 Å². The molecule has 0 radical (unpaired) electrons. The molecular formula is C53H97NO5. The van der Waals surface area contributed by atoms with E-state index < -0.39 is 18.2 Å². The number of carbonyl (C=O) groups excluding carboxylic acids is 2. The van der Waals surface area contributed by atoms with Gasteiger partial charge in [0.2, 0.25) is 5.91 Å². The molecule has 0 aromatic carbocycles. The smallest absolute Gasteiger partial charge is 0.306 e. The summed E-state index contributed by atoms with van der Waals surface area (Å²) in [5.41, 5.74) is 0. The van der Waals surface area contributed by atoms with Crippen molar-refractivity contribution in [2.75, 3.05) is 6.61 Å². The monoisotopic (exact) mass is 828 g/mol. The van der Waals surface area contributed by atoms with Gasteiger partial charge >= 0.3 is 5.97 Å². The predicted octanol–water partition coefficient (Wildman–Crippen LogP) is 15.1. The van der Waals surface area contributed by atoms with Crippen molar-refractivity contribution >= 4 is 11.9 Å². The largest absolute Gasteiger partial charge is 0.462 e. The summed E-state index contributed by atoms with van der Waals surface area (Å²) in [5.74, 6) is -0.510. The number of rotatable bonds is 45. The Morgan fingerprint density at radius 2 is 0.932 bits per heavy atom. The van der Waals surface area contributed by atoms with Gasteiger partial charge in [0.1, 0.15) is 6.10 Å². The number of ether oxygens (including phenoxy) is 1. The fourth-order valence-electron chi connectivity index (χ4n) is 7.60. The third kappa shape index (κ3) is 42.3. The Balaban J connectivity index is 4.60. The van der Waals surface area contributed by atoms with Gasteiger partial charge in [0.05, 0.1) is 25.2 Å². The van der Waals surface area contributed by atoms with Crippen molar-refractivity contribution in [3.63, 3.8) is 0 Å². The molecule has 6 heteroatoms. The minimum Gasteiger partial charge on any atom is -0.462 e. The Morgan fingerprint density at radius 3 is 1.42 bits per heavy atom. The van der Waals surface area contributed by atoms with Crippen LogP contribution < -0.4 is 5.32 Å². The molecule has 59 heavy (non-hydrogen) atoms. The van der Waals surface area contributed by atoms with Crippen LogP contribution in [0.15, 0.2) is 48.6 Å². The van der Waals surface area contributed by atoms with E-state index in [2.05, 4.69) is 74.7 Å². The number of aliphatic hydroxyl groups excluding tert-OH is 2. The molecule has 0 rings (SSSR count). The fourth-order valence-corrected chi connectivity index (χ4v) is 7.60. The lowest BCUT2D eigenvalue weighted by atomic mass is 10.0. The van der Waals surface area contributed by atoms with Crippen LogP contribution in [0.3, 0.4) is 0 Å². The topological polar surface area (TPSA) is 95.9 Å². The van der Waals surface area contributed by atoms with Crippen LogP contribution in [0.25, 0.3) is 0 Å². The zero-order valence-corrected chi connectivity index (χ0v) is 39.1. The lowest BCUT2D eigenvalue weighted by Gasteiger charge is -2.24. The van der Waals surface area contributed by atoms with Crippen molar-refractivity contribution in [1.82, 2.24) is 5.32 Å². The normalized spacial score (nSPS) is 13.6. The van der Waals surface area contributed by atoms with Gasteiger partial charge in [-0.15, -0.1) is 0 Å². The SMILES string of the molecule is CC/C=C/C=C/C=C/CCCCCCCC(CC(=O)NC(CO)C(O)CCCCCCCCCCCCCCCC)OC(=O)CCCCC/C=C\CCCCCCCC. The lowest BCUT2D eigenvalue weighted by Crippen LogP contribution is -2.46. The van der Waals surface area contributed by atoms with Gasteiger partial charge in [-0.25, -0.2) is 0 Å². The average Bonchev–Trinajstić information content (AvgIpc) is 3.23. The van der Waals surface area contributed by atoms with Crippen molar-refractivity contribution < 1.29 is 24.5 Å². The molecule has 0 bridgehead atoms. The predicted molar refractivity (Wildman–Crippen MR) is 255 cm³/mol. The molecule has 3 unspecified atom stereocenters. The minimum absolute atomic E-state index is 0.0585. The molecule has 3 N–H and O–H groups in total. The summed E-state index contributed by atoms with van der Waals surface area (Å²) in [5, 5.41) is 23.8. The van der Waals surface area contributed by atoms with Gasteiger partial charge < -0.3 is 20.3 Å². The van der Waals surface area contributed by atoms with E-state index in [9.17, 15) is 19.8 Å². The molecule has 0 spiro atoms. The molecule has 3 atom stereocenters. The highest BCUT2D eigenvalue weighted by Crippen LogP contribution is 2.18. The highest BCUT2D eigenvalue weighted by molar-refractivity contribution is 5.77. The first-order valence-electron chi connectivity index (χ1n) is 25.4. The zero-order valence-electron chi connectivity index (χ0n) is 39.1. The molecule has 6 nitrogen and oxygen atoms in total. The van der Waals surface area contributed by atoms with E-state index in [1.807, 2.05) is 0 Å². The number of aliphatic hydroxyl groups is 2. The van der Waals surface area contributed by atoms with E-state index >= 15 is 0 Å². The molecule has 1 amide bonds. The van der Waals surface area contributed by atoms with Crippen LogP contribution in [0.5, 0.6) is 0 Å². The van der Waals surface area contributed by atoms with Crippen LogP contribution in [0.4, 0.5) is 0 Å². The highest BCUT2D eigenvalue weighted by Gasteiger charge is 2.24. The molecule has 344 valence electrons. The zero-order chi connectivity index (χ0) is 43.1. The number of esters is 1. The van der Waals surface area contributed by atoms with Crippen molar-refractivity contribution in [1.29, 1.82) is 0 Å². The average molecular weight is 828 g/mol. The van der Waals surface area contributed by atoms with Crippen LogP contribution in [-0.4, -0.2) is 46.9 Å². The Hall–Kier alpha value is -2.18. The number of nitrogens with one attached hydrogen (secondary N) is 1. The quantitative estimate of drug-likeness (QED) is 0.0246. The molecule has 0 aliphatic rings. The minimum atomic E-state index is -0.795. The first-order valence-corrected chi connectivity index (χ1v) is 25.4. The molecule has 0 aliphatic heterocycles. The molecule has 0 aliphatic carbocycles. The van der Waals surface area contributed by atoms with E-state index in [-0.39, 0.29) is 24.9 Å². The van der Waals surface area contributed by atoms with E-state index in [0.717, 1.165) is 96.3 Å². The number of carbonyl (C=O) groups is 2. The summed E-state index contributed by atoms with van der Waals surface area (Å²) >= 11 is 0. The second-order valence-corrected chi connectivity index (χ2v) is 17.2. The van der Waals surface area contributed by atoms with Crippen LogP contribution in [0, 0.1) is 0 Å². The lowest BCUT2D eigenvalue weighted by molar-refractivity contribution is -0.151. The summed E-state index contributed by atoms with van der Waals surface area (Å²) in [6.07, 6.45) is 56.0. The van der Waals surface area contributed by atoms with E-state index in [0.29, 0.717) is 19.3 Å². The molecular weight excluding hydrogens is 731 g/mol. The van der Waals surface area contributed by atoms with Crippen LogP contribution in [0.2, 0.25) is 0 Å². The van der Waals surface area contributed by atoms with Gasteiger partial charge in [-0.1, -0.05) is 217 Å². The molecule has 0 saturated carbocycles. The Labute approximate surface area is 366 Å². The van der Waals surface area contributed by atoms with Gasteiger partial charge in [-0.2, -0.15) is 0 Å². The van der Waals surface area contributed by atoms with Gasteiger partial charge in [0.15, 0.2) is 0 Å². The first-order chi connectivity index (χ1) is 29.0. The number of allylic oxidation sites excluding steroid dienone is 8. The number of unbranched alkanes of at least 4 members (excludes halogenated alkanes) is 27. The van der Waals surface area contributed by atoms with Crippen molar-refractivity contribution in [2.24, 2.45) is 0 Å². The second-order valence-electron chi connectivity index (χ2n) is 17.2. The maximum absolute atomic E-state index is 13.2. The summed E-state index contributed by atoms with van der Waals surface area (Å²) in [4.78, 5) is 26.1. The van der Waals surface area contributed by atoms with Crippen molar-refractivity contribution in [2.45, 2.75) is 270 Å². The van der Waals surface area contributed by atoms with E-state index in [1.54, 1.807) is 0 Å². The van der Waals surface area contributed by atoms with Crippen LogP contribution in [0.1, 0.15) is 252 Å². The first kappa shape index (κ1) is 56.8. The second kappa shape index (κ2) is 46.9. The summed E-state index contributed by atoms with van der Waals surface area (Å²) in [7, 11) is 0. The van der Waals surface area contributed by atoms with Gasteiger partial charge in [-0.05, 0) is 70.6 Å².